The molecule has 8 nitrogen and oxygen atoms in total. The molecular weight excluding hydrogens is 442 g/mol. The maximum atomic E-state index is 13.2. The minimum absolute atomic E-state index is 0.0291. The van der Waals surface area contributed by atoms with Gasteiger partial charge in [0.15, 0.2) is 0 Å². The van der Waals surface area contributed by atoms with Crippen LogP contribution in [0.4, 0.5) is 5.69 Å². The number of carbonyl (C=O) groups excluding carboxylic acids is 3. The fraction of sp³-hybridized carbons (Fsp3) is 0.542. The third kappa shape index (κ3) is 4.89. The average molecular weight is 474 g/mol. The van der Waals surface area contributed by atoms with Crippen LogP contribution in [0, 0.1) is 18.8 Å². The molecule has 3 amide bonds. The second-order valence-corrected chi connectivity index (χ2v) is 11.0. The third-order valence-corrected chi connectivity index (χ3v) is 8.86. The van der Waals surface area contributed by atoms with E-state index in [0.717, 1.165) is 25.7 Å². The van der Waals surface area contributed by atoms with Gasteiger partial charge >= 0.3 is 0 Å². The summed E-state index contributed by atoms with van der Waals surface area (Å²) >= 11 is 0. The molecule has 9 heteroatoms. The highest BCUT2D eigenvalue weighted by Gasteiger charge is 2.46. The Hall–Kier alpha value is -2.52. The summed E-state index contributed by atoms with van der Waals surface area (Å²) in [4.78, 5) is 39.1. The average Bonchev–Trinajstić information content (AvgIpc) is 2.99. The third-order valence-electron chi connectivity index (χ3n) is 6.82. The topological polar surface area (TPSA) is 104 Å². The Bertz CT molecular complexity index is 1050. The summed E-state index contributed by atoms with van der Waals surface area (Å²) < 4.78 is 28.0. The maximum Gasteiger partial charge on any atom is 0.243 e. The van der Waals surface area contributed by atoms with Crippen molar-refractivity contribution in [2.45, 2.75) is 56.8 Å². The Morgan fingerprint density at radius 3 is 2.21 bits per heavy atom. The van der Waals surface area contributed by atoms with Crippen LogP contribution in [0.25, 0.3) is 0 Å². The molecule has 0 spiro atoms. The van der Waals surface area contributed by atoms with E-state index in [-0.39, 0.29) is 47.4 Å². The van der Waals surface area contributed by atoms with E-state index in [1.54, 1.807) is 19.1 Å². The number of hydrogen-bond donors (Lipinski definition) is 1. The lowest BCUT2D eigenvalue weighted by atomic mass is 9.85. The summed E-state index contributed by atoms with van der Waals surface area (Å²) in [7, 11) is -3.65. The molecule has 33 heavy (non-hydrogen) atoms. The van der Waals surface area contributed by atoms with Crippen molar-refractivity contribution in [1.29, 1.82) is 0 Å². The Kier molecular flexibility index (Phi) is 6.99. The van der Waals surface area contributed by atoms with Crippen LogP contribution in [0.2, 0.25) is 0 Å². The van der Waals surface area contributed by atoms with Crippen molar-refractivity contribution in [2.24, 2.45) is 11.8 Å². The fourth-order valence-corrected chi connectivity index (χ4v) is 6.67. The largest absolute Gasteiger partial charge is 0.326 e. The number of allylic oxidation sites excluding steroid dienone is 2. The van der Waals surface area contributed by atoms with E-state index in [2.05, 4.69) is 5.32 Å². The number of hydrogen-bond acceptors (Lipinski definition) is 5. The first-order valence-corrected chi connectivity index (χ1v) is 13.1. The first-order valence-electron chi connectivity index (χ1n) is 11.7. The highest BCUT2D eigenvalue weighted by Crippen LogP contribution is 2.35. The summed E-state index contributed by atoms with van der Waals surface area (Å²) in [6, 6.07) is 4.85. The molecule has 1 N–H and O–H groups in total. The number of aryl methyl sites for hydroxylation is 1. The summed E-state index contributed by atoms with van der Waals surface area (Å²) in [6.45, 7) is 2.79. The molecule has 4 rings (SSSR count). The maximum absolute atomic E-state index is 13.2. The SMILES string of the molecule is Cc1ccc(NC(=O)CCN2C(=O)[C@H]3CC=CC[C@H]3C2=O)cc1S(=O)(=O)N1CCCCCC1. The lowest BCUT2D eigenvalue weighted by Gasteiger charge is -2.21. The van der Waals surface area contributed by atoms with E-state index in [4.69, 9.17) is 0 Å². The number of sulfonamides is 1. The zero-order chi connectivity index (χ0) is 23.6. The van der Waals surface area contributed by atoms with Crippen LogP contribution in [-0.2, 0) is 24.4 Å². The molecule has 2 aliphatic heterocycles. The minimum Gasteiger partial charge on any atom is -0.326 e. The van der Waals surface area contributed by atoms with Crippen molar-refractivity contribution >= 4 is 33.4 Å². The Balaban J connectivity index is 1.41. The van der Waals surface area contributed by atoms with Crippen molar-refractivity contribution in [1.82, 2.24) is 9.21 Å². The van der Waals surface area contributed by atoms with Crippen LogP contribution in [-0.4, -0.2) is 55.0 Å². The van der Waals surface area contributed by atoms with Gasteiger partial charge in [-0.1, -0.05) is 31.1 Å². The van der Waals surface area contributed by atoms with E-state index in [1.807, 2.05) is 12.2 Å². The van der Waals surface area contributed by atoms with Gasteiger partial charge in [0.25, 0.3) is 0 Å². The molecule has 3 aliphatic rings. The monoisotopic (exact) mass is 473 g/mol. The van der Waals surface area contributed by atoms with Gasteiger partial charge in [-0.25, -0.2) is 8.42 Å². The zero-order valence-electron chi connectivity index (χ0n) is 19.0. The van der Waals surface area contributed by atoms with Gasteiger partial charge in [0.1, 0.15) is 0 Å². The molecule has 0 aromatic heterocycles. The number of nitrogens with one attached hydrogen (secondary N) is 1. The predicted molar refractivity (Wildman–Crippen MR) is 124 cm³/mol. The quantitative estimate of drug-likeness (QED) is 0.505. The van der Waals surface area contributed by atoms with Gasteiger partial charge in [0.2, 0.25) is 27.7 Å². The summed E-state index contributed by atoms with van der Waals surface area (Å²) in [5, 5.41) is 2.73. The van der Waals surface area contributed by atoms with Gasteiger partial charge in [0.05, 0.1) is 16.7 Å². The normalized spacial score (nSPS) is 24.0. The van der Waals surface area contributed by atoms with Gasteiger partial charge < -0.3 is 5.32 Å². The molecule has 178 valence electrons. The molecule has 0 unspecified atom stereocenters. The Morgan fingerprint density at radius 2 is 1.61 bits per heavy atom. The lowest BCUT2D eigenvalue weighted by Crippen LogP contribution is -2.34. The summed E-state index contributed by atoms with van der Waals surface area (Å²) in [6.07, 6.45) is 8.70. The highest BCUT2D eigenvalue weighted by atomic mass is 32.2. The number of anilines is 1. The fourth-order valence-electron chi connectivity index (χ4n) is 4.90. The Labute approximate surface area is 195 Å². The van der Waals surface area contributed by atoms with Crippen molar-refractivity contribution in [3.05, 3.63) is 35.9 Å². The van der Waals surface area contributed by atoms with E-state index in [9.17, 15) is 22.8 Å². The van der Waals surface area contributed by atoms with Crippen molar-refractivity contribution < 1.29 is 22.8 Å². The second kappa shape index (κ2) is 9.77. The second-order valence-electron chi connectivity index (χ2n) is 9.08. The van der Waals surface area contributed by atoms with E-state index in [0.29, 0.717) is 37.2 Å². The number of imide groups is 1. The molecule has 1 aromatic rings. The van der Waals surface area contributed by atoms with E-state index < -0.39 is 10.0 Å². The van der Waals surface area contributed by atoms with Crippen molar-refractivity contribution in [3.63, 3.8) is 0 Å². The smallest absolute Gasteiger partial charge is 0.243 e. The number of carbonyl (C=O) groups is 3. The molecule has 0 saturated carbocycles. The predicted octanol–water partition coefficient (Wildman–Crippen LogP) is 2.84. The molecule has 1 aliphatic carbocycles. The number of amides is 3. The van der Waals surface area contributed by atoms with Crippen LogP contribution >= 0.6 is 0 Å². The first-order chi connectivity index (χ1) is 15.8. The highest BCUT2D eigenvalue weighted by molar-refractivity contribution is 7.89. The van der Waals surface area contributed by atoms with Crippen molar-refractivity contribution in [3.8, 4) is 0 Å². The summed E-state index contributed by atoms with van der Waals surface area (Å²) in [5.74, 6) is -1.40. The lowest BCUT2D eigenvalue weighted by molar-refractivity contribution is -0.140. The van der Waals surface area contributed by atoms with Crippen LogP contribution in [0.3, 0.4) is 0 Å². The van der Waals surface area contributed by atoms with Crippen molar-refractivity contribution in [2.75, 3.05) is 25.0 Å². The van der Waals surface area contributed by atoms with E-state index in [1.165, 1.54) is 15.3 Å². The number of rotatable bonds is 6. The molecule has 2 atom stereocenters. The molecule has 2 fully saturated rings. The minimum atomic E-state index is -3.65. The standard InChI is InChI=1S/C24H31N3O5S/c1-17-10-11-18(16-21(17)33(31,32)26-13-6-2-3-7-14-26)25-22(28)12-15-27-23(29)19-8-4-5-9-20(19)24(27)30/h4-5,10-11,16,19-20H,2-3,6-9,12-15H2,1H3,(H,25,28)/t19-,20+. The van der Waals surface area contributed by atoms with Gasteiger partial charge in [-0.2, -0.15) is 4.31 Å². The van der Waals surface area contributed by atoms with Crippen LogP contribution in [0.5, 0.6) is 0 Å². The summed E-state index contributed by atoms with van der Waals surface area (Å²) in [5.41, 5.74) is 1.01. The van der Waals surface area contributed by atoms with Crippen LogP contribution in [0.15, 0.2) is 35.2 Å². The van der Waals surface area contributed by atoms with Crippen LogP contribution < -0.4 is 5.32 Å². The molecular formula is C24H31N3O5S. The van der Waals surface area contributed by atoms with Gasteiger partial charge in [0, 0.05) is 31.7 Å². The number of likely N-dealkylation sites (tertiary alicyclic amines) is 1. The molecule has 2 heterocycles. The Morgan fingerprint density at radius 1 is 1.00 bits per heavy atom. The van der Waals surface area contributed by atoms with Crippen LogP contribution in [0.1, 0.15) is 50.5 Å². The van der Waals surface area contributed by atoms with Gasteiger partial charge in [-0.05, 0) is 50.3 Å². The molecule has 1 aromatic carbocycles. The molecule has 0 bridgehead atoms. The van der Waals surface area contributed by atoms with E-state index >= 15 is 0 Å². The number of fused-ring (bicyclic) bond motifs is 1. The van der Waals surface area contributed by atoms with Gasteiger partial charge in [-0.3, -0.25) is 19.3 Å². The molecule has 2 saturated heterocycles. The number of benzene rings is 1. The first kappa shape index (κ1) is 23.6. The number of nitrogens with zero attached hydrogens (tertiary/aromatic N) is 2. The molecule has 0 radical (unpaired) electrons. The zero-order valence-corrected chi connectivity index (χ0v) is 19.8. The van der Waals surface area contributed by atoms with Gasteiger partial charge in [-0.15, -0.1) is 0 Å².